The van der Waals surface area contributed by atoms with Gasteiger partial charge in [0.25, 0.3) is 0 Å². The van der Waals surface area contributed by atoms with E-state index in [1.807, 2.05) is 11.9 Å². The predicted octanol–water partition coefficient (Wildman–Crippen LogP) is -0.613. The van der Waals surface area contributed by atoms with Gasteiger partial charge in [0.1, 0.15) is 0 Å². The van der Waals surface area contributed by atoms with Crippen molar-refractivity contribution in [3.05, 3.63) is 0 Å². The van der Waals surface area contributed by atoms with Gasteiger partial charge < -0.3 is 10.2 Å². The minimum atomic E-state index is -3.11. The summed E-state index contributed by atoms with van der Waals surface area (Å²) in [6.45, 7) is 2.06. The molecule has 1 N–H and O–H groups in total. The lowest BCUT2D eigenvalue weighted by atomic mass is 10.6. The number of aliphatic imine (C=N–C) groups is 1. The average Bonchev–Trinajstić information content (AvgIpc) is 2.51. The van der Waals surface area contributed by atoms with Crippen LogP contribution in [-0.4, -0.2) is 70.1 Å². The molecule has 0 saturated heterocycles. The Kier molecular flexibility index (Phi) is 6.56. The second kappa shape index (κ2) is 6.60. The van der Waals surface area contributed by atoms with Gasteiger partial charge in [0, 0.05) is 34.2 Å². The first-order chi connectivity index (χ1) is 6.93. The van der Waals surface area contributed by atoms with E-state index in [4.69, 9.17) is 0 Å². The molecular formula is C8H19IN4O2S. The minimum Gasteiger partial charge on any atom is -0.355 e. The maximum absolute atomic E-state index is 11.4. The summed E-state index contributed by atoms with van der Waals surface area (Å²) in [5.41, 5.74) is 0. The van der Waals surface area contributed by atoms with E-state index in [-0.39, 0.29) is 29.7 Å². The SMILES string of the molecule is CN1CCN=C1NCCS(=O)(=O)N(C)C.I. The number of hydrogen-bond acceptors (Lipinski definition) is 5. The molecule has 1 heterocycles. The number of likely N-dealkylation sites (N-methyl/N-ethyl adjacent to an activating group) is 1. The second-order valence-corrected chi connectivity index (χ2v) is 5.95. The predicted molar refractivity (Wildman–Crippen MR) is 75.8 cm³/mol. The molecule has 6 nitrogen and oxygen atoms in total. The Labute approximate surface area is 114 Å². The maximum atomic E-state index is 11.4. The number of sulfonamides is 1. The summed E-state index contributed by atoms with van der Waals surface area (Å²) in [6, 6.07) is 0. The van der Waals surface area contributed by atoms with Gasteiger partial charge in [-0.2, -0.15) is 0 Å². The number of rotatable bonds is 4. The lowest BCUT2D eigenvalue weighted by Crippen LogP contribution is -2.39. The lowest BCUT2D eigenvalue weighted by Gasteiger charge is -2.16. The molecule has 0 bridgehead atoms. The van der Waals surface area contributed by atoms with Crippen molar-refractivity contribution in [2.45, 2.75) is 0 Å². The van der Waals surface area contributed by atoms with Crippen molar-refractivity contribution in [1.82, 2.24) is 14.5 Å². The van der Waals surface area contributed by atoms with Gasteiger partial charge in [0.05, 0.1) is 12.3 Å². The lowest BCUT2D eigenvalue weighted by molar-refractivity contribution is 0.516. The van der Waals surface area contributed by atoms with Crippen LogP contribution in [-0.2, 0) is 10.0 Å². The summed E-state index contributed by atoms with van der Waals surface area (Å²) in [6.07, 6.45) is 0. The van der Waals surface area contributed by atoms with Crippen molar-refractivity contribution in [2.24, 2.45) is 4.99 Å². The fourth-order valence-electron chi connectivity index (χ4n) is 1.20. The number of halogens is 1. The Morgan fingerprint density at radius 3 is 2.56 bits per heavy atom. The molecule has 0 aromatic rings. The van der Waals surface area contributed by atoms with E-state index in [0.717, 1.165) is 19.0 Å². The summed E-state index contributed by atoms with van der Waals surface area (Å²) in [4.78, 5) is 6.18. The maximum Gasteiger partial charge on any atom is 0.215 e. The monoisotopic (exact) mass is 362 g/mol. The van der Waals surface area contributed by atoms with Crippen LogP contribution < -0.4 is 5.32 Å². The molecule has 8 heteroatoms. The Bertz CT molecular complexity index is 342. The first kappa shape index (κ1) is 15.9. The van der Waals surface area contributed by atoms with Crippen LogP contribution >= 0.6 is 24.0 Å². The van der Waals surface area contributed by atoms with Crippen molar-refractivity contribution in [3.63, 3.8) is 0 Å². The highest BCUT2D eigenvalue weighted by Crippen LogP contribution is 1.96. The van der Waals surface area contributed by atoms with Crippen LogP contribution in [0.4, 0.5) is 0 Å². The third-order valence-electron chi connectivity index (χ3n) is 2.26. The first-order valence-corrected chi connectivity index (χ1v) is 6.44. The zero-order chi connectivity index (χ0) is 11.5. The zero-order valence-corrected chi connectivity index (χ0v) is 12.9. The molecule has 96 valence electrons. The van der Waals surface area contributed by atoms with Crippen molar-refractivity contribution in [3.8, 4) is 0 Å². The molecule has 0 aromatic heterocycles. The molecule has 0 aromatic carbocycles. The third kappa shape index (κ3) is 4.42. The Balaban J connectivity index is 0.00000225. The van der Waals surface area contributed by atoms with Crippen LogP contribution in [0.5, 0.6) is 0 Å². The molecule has 1 aliphatic rings. The van der Waals surface area contributed by atoms with E-state index in [2.05, 4.69) is 10.3 Å². The minimum absolute atomic E-state index is 0. The molecule has 0 saturated carbocycles. The molecule has 16 heavy (non-hydrogen) atoms. The molecule has 0 radical (unpaired) electrons. The molecule has 1 rings (SSSR count). The summed E-state index contributed by atoms with van der Waals surface area (Å²) >= 11 is 0. The van der Waals surface area contributed by atoms with Gasteiger partial charge in [-0.3, -0.25) is 4.99 Å². The fraction of sp³-hybridized carbons (Fsp3) is 0.875. The molecular weight excluding hydrogens is 343 g/mol. The van der Waals surface area contributed by atoms with Gasteiger partial charge in [-0.15, -0.1) is 24.0 Å². The van der Waals surface area contributed by atoms with E-state index in [0.29, 0.717) is 6.54 Å². The van der Waals surface area contributed by atoms with E-state index >= 15 is 0 Å². The average molecular weight is 362 g/mol. The van der Waals surface area contributed by atoms with Crippen LogP contribution in [0.3, 0.4) is 0 Å². The summed E-state index contributed by atoms with van der Waals surface area (Å²) in [5.74, 6) is 0.872. The second-order valence-electron chi connectivity index (χ2n) is 3.65. The van der Waals surface area contributed by atoms with E-state index < -0.39 is 10.0 Å². The summed E-state index contributed by atoms with van der Waals surface area (Å²) in [7, 11) is 1.89. The van der Waals surface area contributed by atoms with Crippen molar-refractivity contribution < 1.29 is 8.42 Å². The van der Waals surface area contributed by atoms with Crippen LogP contribution in [0.15, 0.2) is 4.99 Å². The third-order valence-corrected chi connectivity index (χ3v) is 4.09. The molecule has 0 spiro atoms. The number of guanidine groups is 1. The number of nitrogens with one attached hydrogen (secondary N) is 1. The van der Waals surface area contributed by atoms with Crippen LogP contribution in [0, 0.1) is 0 Å². The molecule has 1 aliphatic heterocycles. The van der Waals surface area contributed by atoms with Gasteiger partial charge in [-0.05, 0) is 0 Å². The molecule has 0 fully saturated rings. The normalized spacial score (nSPS) is 16.0. The molecule has 0 aliphatic carbocycles. The van der Waals surface area contributed by atoms with Crippen LogP contribution in [0.2, 0.25) is 0 Å². The van der Waals surface area contributed by atoms with Gasteiger partial charge in [-0.1, -0.05) is 0 Å². The zero-order valence-electron chi connectivity index (χ0n) is 9.80. The Morgan fingerprint density at radius 1 is 1.50 bits per heavy atom. The standard InChI is InChI=1S/C8H18N4O2S.HI/c1-11(2)15(13,14)7-5-10-8-9-4-6-12(8)3;/h4-7H2,1-3H3,(H,9,10);1H. The highest BCUT2D eigenvalue weighted by molar-refractivity contribution is 14.0. The molecule has 0 unspecified atom stereocenters. The van der Waals surface area contributed by atoms with E-state index in [1.165, 1.54) is 18.4 Å². The van der Waals surface area contributed by atoms with Crippen molar-refractivity contribution in [1.29, 1.82) is 0 Å². The van der Waals surface area contributed by atoms with Crippen molar-refractivity contribution >= 4 is 40.0 Å². The highest BCUT2D eigenvalue weighted by atomic mass is 127. The van der Waals surface area contributed by atoms with Crippen LogP contribution in [0.25, 0.3) is 0 Å². The van der Waals surface area contributed by atoms with E-state index in [1.54, 1.807) is 0 Å². The highest BCUT2D eigenvalue weighted by Gasteiger charge is 2.15. The topological polar surface area (TPSA) is 65.0 Å². The smallest absolute Gasteiger partial charge is 0.215 e. The van der Waals surface area contributed by atoms with Gasteiger partial charge >= 0.3 is 0 Å². The van der Waals surface area contributed by atoms with Gasteiger partial charge in [-0.25, -0.2) is 12.7 Å². The molecule has 0 atom stereocenters. The molecule has 0 amide bonds. The van der Waals surface area contributed by atoms with Gasteiger partial charge in [0.2, 0.25) is 10.0 Å². The summed E-state index contributed by atoms with van der Waals surface area (Å²) < 4.78 is 24.1. The fourth-order valence-corrected chi connectivity index (χ4v) is 1.92. The summed E-state index contributed by atoms with van der Waals surface area (Å²) in [5, 5.41) is 3.01. The van der Waals surface area contributed by atoms with Gasteiger partial charge in [0.15, 0.2) is 5.96 Å². The Morgan fingerprint density at radius 2 is 2.12 bits per heavy atom. The number of nitrogens with zero attached hydrogens (tertiary/aromatic N) is 3. The van der Waals surface area contributed by atoms with E-state index in [9.17, 15) is 8.42 Å². The van der Waals surface area contributed by atoms with Crippen molar-refractivity contribution in [2.75, 3.05) is 46.5 Å². The largest absolute Gasteiger partial charge is 0.355 e. The first-order valence-electron chi connectivity index (χ1n) is 4.83. The van der Waals surface area contributed by atoms with Crippen LogP contribution in [0.1, 0.15) is 0 Å². The Hall–Kier alpha value is -0.0900. The quantitative estimate of drug-likeness (QED) is 0.678. The number of hydrogen-bond donors (Lipinski definition) is 1.